The third-order valence-corrected chi connectivity index (χ3v) is 2.62. The number of ether oxygens (including phenoxy) is 2. The summed E-state index contributed by atoms with van der Waals surface area (Å²) in [5.74, 6) is 0.920. The van der Waals surface area contributed by atoms with Crippen LogP contribution in [0.3, 0.4) is 0 Å². The van der Waals surface area contributed by atoms with Gasteiger partial charge in [0.2, 0.25) is 0 Å². The van der Waals surface area contributed by atoms with Crippen LogP contribution in [0.4, 0.5) is 5.69 Å². The molecule has 90 valence electrons. The summed E-state index contributed by atoms with van der Waals surface area (Å²) in [6.07, 6.45) is 0. The van der Waals surface area contributed by atoms with E-state index in [2.05, 4.69) is 30.9 Å². The predicted octanol–water partition coefficient (Wildman–Crippen LogP) is 2.48. The molecule has 0 spiro atoms. The van der Waals surface area contributed by atoms with Gasteiger partial charge in [0, 0.05) is 20.2 Å². The van der Waals surface area contributed by atoms with Gasteiger partial charge >= 0.3 is 0 Å². The maximum Gasteiger partial charge on any atom is 0.142 e. The van der Waals surface area contributed by atoms with Crippen molar-refractivity contribution < 1.29 is 9.47 Å². The summed E-state index contributed by atoms with van der Waals surface area (Å²) >= 11 is 0. The highest BCUT2D eigenvalue weighted by atomic mass is 16.5. The number of hydrogen-bond donors (Lipinski definition) is 0. The first-order valence-corrected chi connectivity index (χ1v) is 5.61. The molecule has 3 heteroatoms. The Labute approximate surface area is 98.0 Å². The van der Waals surface area contributed by atoms with E-state index in [9.17, 15) is 0 Å². The number of benzene rings is 1. The van der Waals surface area contributed by atoms with E-state index >= 15 is 0 Å². The van der Waals surface area contributed by atoms with E-state index in [1.165, 1.54) is 5.56 Å². The molecular weight excluding hydrogens is 202 g/mol. The zero-order chi connectivity index (χ0) is 12.0. The Balaban J connectivity index is 2.92. The number of anilines is 1. The minimum absolute atomic E-state index is 0.727. The van der Waals surface area contributed by atoms with Gasteiger partial charge in [-0.05, 0) is 31.5 Å². The van der Waals surface area contributed by atoms with Gasteiger partial charge in [0.1, 0.15) is 5.75 Å². The maximum absolute atomic E-state index is 5.38. The van der Waals surface area contributed by atoms with E-state index < -0.39 is 0 Å². The lowest BCUT2D eigenvalue weighted by atomic mass is 10.2. The van der Waals surface area contributed by atoms with Crippen LogP contribution in [0.25, 0.3) is 0 Å². The Hall–Kier alpha value is -1.22. The Bertz CT molecular complexity index is 326. The molecule has 0 radical (unpaired) electrons. The molecule has 0 amide bonds. The number of methoxy groups -OCH3 is 2. The Morgan fingerprint density at radius 1 is 1.25 bits per heavy atom. The summed E-state index contributed by atoms with van der Waals surface area (Å²) in [7, 11) is 3.43. The summed E-state index contributed by atoms with van der Waals surface area (Å²) in [5.41, 5.74) is 2.38. The van der Waals surface area contributed by atoms with Crippen LogP contribution in [0.5, 0.6) is 5.75 Å². The molecule has 0 fully saturated rings. The zero-order valence-corrected chi connectivity index (χ0v) is 10.6. The molecule has 1 aromatic carbocycles. The molecule has 0 heterocycles. The van der Waals surface area contributed by atoms with Crippen molar-refractivity contribution in [2.45, 2.75) is 13.8 Å². The lowest BCUT2D eigenvalue weighted by molar-refractivity contribution is 0.205. The third kappa shape index (κ3) is 3.14. The van der Waals surface area contributed by atoms with Crippen molar-refractivity contribution in [3.8, 4) is 5.75 Å². The molecule has 0 N–H and O–H groups in total. The second kappa shape index (κ2) is 6.38. The molecule has 3 nitrogen and oxygen atoms in total. The monoisotopic (exact) mass is 223 g/mol. The highest BCUT2D eigenvalue weighted by Crippen LogP contribution is 2.28. The van der Waals surface area contributed by atoms with Gasteiger partial charge in [-0.2, -0.15) is 0 Å². The number of hydrogen-bond acceptors (Lipinski definition) is 3. The third-order valence-electron chi connectivity index (χ3n) is 2.62. The van der Waals surface area contributed by atoms with Crippen molar-refractivity contribution in [3.63, 3.8) is 0 Å². The van der Waals surface area contributed by atoms with Crippen LogP contribution in [0.2, 0.25) is 0 Å². The van der Waals surface area contributed by atoms with Gasteiger partial charge in [-0.25, -0.2) is 0 Å². The van der Waals surface area contributed by atoms with Gasteiger partial charge in [-0.1, -0.05) is 6.07 Å². The van der Waals surface area contributed by atoms with Crippen molar-refractivity contribution in [3.05, 3.63) is 23.8 Å². The summed E-state index contributed by atoms with van der Waals surface area (Å²) in [6.45, 7) is 6.78. The SMILES string of the molecule is CCN(CCOC)c1cc(C)ccc1OC. The van der Waals surface area contributed by atoms with Crippen molar-refractivity contribution in [1.29, 1.82) is 0 Å². The van der Waals surface area contributed by atoms with E-state index in [1.807, 2.05) is 6.07 Å². The van der Waals surface area contributed by atoms with Gasteiger partial charge in [0.15, 0.2) is 0 Å². The summed E-state index contributed by atoms with van der Waals surface area (Å²) < 4.78 is 10.5. The number of likely N-dealkylation sites (N-methyl/N-ethyl adjacent to an activating group) is 1. The van der Waals surface area contributed by atoms with Crippen molar-refractivity contribution >= 4 is 5.69 Å². The Morgan fingerprint density at radius 2 is 2.00 bits per heavy atom. The van der Waals surface area contributed by atoms with Crippen LogP contribution in [-0.4, -0.2) is 33.9 Å². The smallest absolute Gasteiger partial charge is 0.142 e. The maximum atomic E-state index is 5.38. The largest absolute Gasteiger partial charge is 0.495 e. The Kier molecular flexibility index (Phi) is 5.12. The Morgan fingerprint density at radius 3 is 2.56 bits per heavy atom. The van der Waals surface area contributed by atoms with Crippen LogP contribution >= 0.6 is 0 Å². The molecular formula is C13H21NO2. The zero-order valence-electron chi connectivity index (χ0n) is 10.6. The van der Waals surface area contributed by atoms with E-state index in [-0.39, 0.29) is 0 Å². The molecule has 0 aliphatic heterocycles. The summed E-state index contributed by atoms with van der Waals surface area (Å²) in [6, 6.07) is 6.23. The molecule has 0 saturated carbocycles. The van der Waals surface area contributed by atoms with Crippen LogP contribution < -0.4 is 9.64 Å². The lowest BCUT2D eigenvalue weighted by Crippen LogP contribution is -2.27. The van der Waals surface area contributed by atoms with Crippen LogP contribution in [0, 0.1) is 6.92 Å². The second-order valence-electron chi connectivity index (χ2n) is 3.75. The van der Waals surface area contributed by atoms with Crippen molar-refractivity contribution in [2.24, 2.45) is 0 Å². The first-order chi connectivity index (χ1) is 7.72. The average Bonchev–Trinajstić information content (AvgIpc) is 2.30. The lowest BCUT2D eigenvalue weighted by Gasteiger charge is -2.25. The summed E-state index contributed by atoms with van der Waals surface area (Å²) in [5, 5.41) is 0. The number of rotatable bonds is 6. The van der Waals surface area contributed by atoms with E-state index in [1.54, 1.807) is 14.2 Å². The first kappa shape index (κ1) is 12.8. The highest BCUT2D eigenvalue weighted by molar-refractivity contribution is 5.60. The normalized spacial score (nSPS) is 10.2. The summed E-state index contributed by atoms with van der Waals surface area (Å²) in [4.78, 5) is 2.26. The number of aryl methyl sites for hydroxylation is 1. The average molecular weight is 223 g/mol. The van der Waals surface area contributed by atoms with Gasteiger partial charge in [0.05, 0.1) is 19.4 Å². The molecule has 0 atom stereocenters. The van der Waals surface area contributed by atoms with E-state index in [0.717, 1.165) is 31.1 Å². The minimum Gasteiger partial charge on any atom is -0.495 e. The quantitative estimate of drug-likeness (QED) is 0.739. The van der Waals surface area contributed by atoms with Crippen LogP contribution in [0.15, 0.2) is 18.2 Å². The molecule has 0 unspecified atom stereocenters. The predicted molar refractivity (Wildman–Crippen MR) is 67.5 cm³/mol. The van der Waals surface area contributed by atoms with Crippen LogP contribution in [-0.2, 0) is 4.74 Å². The molecule has 16 heavy (non-hydrogen) atoms. The van der Waals surface area contributed by atoms with Gasteiger partial charge in [-0.3, -0.25) is 0 Å². The van der Waals surface area contributed by atoms with E-state index in [0.29, 0.717) is 0 Å². The van der Waals surface area contributed by atoms with E-state index in [4.69, 9.17) is 9.47 Å². The molecule has 0 aliphatic carbocycles. The first-order valence-electron chi connectivity index (χ1n) is 5.61. The molecule has 0 bridgehead atoms. The molecule has 1 rings (SSSR count). The second-order valence-corrected chi connectivity index (χ2v) is 3.75. The number of nitrogens with zero attached hydrogens (tertiary/aromatic N) is 1. The van der Waals surface area contributed by atoms with Crippen molar-refractivity contribution in [2.75, 3.05) is 38.8 Å². The molecule has 0 saturated heterocycles. The fourth-order valence-corrected chi connectivity index (χ4v) is 1.70. The minimum atomic E-state index is 0.727. The van der Waals surface area contributed by atoms with Crippen LogP contribution in [0.1, 0.15) is 12.5 Å². The fraction of sp³-hybridized carbons (Fsp3) is 0.538. The fourth-order valence-electron chi connectivity index (χ4n) is 1.70. The van der Waals surface area contributed by atoms with Gasteiger partial charge in [-0.15, -0.1) is 0 Å². The van der Waals surface area contributed by atoms with Gasteiger partial charge in [0.25, 0.3) is 0 Å². The van der Waals surface area contributed by atoms with Gasteiger partial charge < -0.3 is 14.4 Å². The van der Waals surface area contributed by atoms with Crippen molar-refractivity contribution in [1.82, 2.24) is 0 Å². The highest BCUT2D eigenvalue weighted by Gasteiger charge is 2.10. The molecule has 0 aliphatic rings. The molecule has 1 aromatic rings. The topological polar surface area (TPSA) is 21.7 Å². The molecule has 0 aromatic heterocycles. The standard InChI is InChI=1S/C13H21NO2/c1-5-14(8-9-15-3)12-10-11(2)6-7-13(12)16-4/h6-7,10H,5,8-9H2,1-4H3.